The minimum atomic E-state index is -2.87. The second-order valence-electron chi connectivity index (χ2n) is 6.10. The Labute approximate surface area is 159 Å². The molecule has 8 nitrogen and oxygen atoms in total. The first-order valence-corrected chi connectivity index (χ1v) is 8.28. The van der Waals surface area contributed by atoms with Crippen LogP contribution in [0.2, 0.25) is 0 Å². The van der Waals surface area contributed by atoms with Crippen molar-refractivity contribution in [3.05, 3.63) is 58.3 Å². The fourth-order valence-corrected chi connectivity index (χ4v) is 2.43. The van der Waals surface area contributed by atoms with Gasteiger partial charge < -0.3 is 25.3 Å². The Morgan fingerprint density at radius 3 is 2.57 bits per heavy atom. The van der Waals surface area contributed by atoms with Gasteiger partial charge in [-0.15, -0.1) is 0 Å². The number of carbonyl (C=O) groups is 1. The van der Waals surface area contributed by atoms with Crippen molar-refractivity contribution in [1.82, 2.24) is 14.5 Å². The van der Waals surface area contributed by atoms with Gasteiger partial charge in [-0.2, -0.15) is 13.3 Å². The molecule has 1 heterocycles. The molecule has 1 aromatic carbocycles. The minimum absolute atomic E-state index is 0.0739. The van der Waals surface area contributed by atoms with Crippen molar-refractivity contribution < 1.29 is 18.3 Å². The van der Waals surface area contributed by atoms with Crippen LogP contribution in [0.3, 0.4) is 0 Å². The fraction of sp³-hybridized carbons (Fsp3) is 0.278. The number of aromatic nitrogens is 2. The summed E-state index contributed by atoms with van der Waals surface area (Å²) >= 11 is 0. The quantitative estimate of drug-likeness (QED) is 0.600. The van der Waals surface area contributed by atoms with Crippen LogP contribution in [0.25, 0.3) is 0 Å². The number of allylic oxidation sites excluding steroid dienone is 1. The number of imidazole rings is 1. The average molecular weight is 393 g/mol. The van der Waals surface area contributed by atoms with Gasteiger partial charge in [0.25, 0.3) is 0 Å². The van der Waals surface area contributed by atoms with Crippen molar-refractivity contribution in [3.8, 4) is 5.75 Å². The number of anilines is 1. The van der Waals surface area contributed by atoms with E-state index >= 15 is 0 Å². The third-order valence-electron chi connectivity index (χ3n) is 3.80. The SMILES string of the molecule is C=C(CCc1ccc(OC(F)F)cc1)Nc1c(C=N)[nH]c(=O)n1C(=O)N(C)C. The molecule has 2 aromatic rings. The monoisotopic (exact) mass is 393 g/mol. The van der Waals surface area contributed by atoms with Crippen LogP contribution >= 0.6 is 0 Å². The summed E-state index contributed by atoms with van der Waals surface area (Å²) in [4.78, 5) is 28.0. The zero-order valence-corrected chi connectivity index (χ0v) is 15.5. The second-order valence-corrected chi connectivity index (χ2v) is 6.10. The first-order chi connectivity index (χ1) is 13.2. The smallest absolute Gasteiger partial charge is 0.387 e. The molecule has 0 spiro atoms. The summed E-state index contributed by atoms with van der Waals surface area (Å²) in [6, 6.07) is 5.65. The Hall–Kier alpha value is -3.43. The Morgan fingerprint density at radius 2 is 2.04 bits per heavy atom. The van der Waals surface area contributed by atoms with E-state index in [-0.39, 0.29) is 17.3 Å². The standard InChI is InChI=1S/C18H21F2N5O3/c1-11(4-5-12-6-8-13(9-7-12)28-16(19)20)22-15-14(10-21)23-17(26)25(15)18(27)24(2)3/h6-10,16,21-22H,1,4-5H2,2-3H3,(H,23,26). The Balaban J connectivity index is 2.08. The normalized spacial score (nSPS) is 10.6. The van der Waals surface area contributed by atoms with E-state index in [9.17, 15) is 18.4 Å². The average Bonchev–Trinajstić information content (AvgIpc) is 2.95. The highest BCUT2D eigenvalue weighted by atomic mass is 19.3. The summed E-state index contributed by atoms with van der Waals surface area (Å²) < 4.78 is 29.5. The Morgan fingerprint density at radius 1 is 1.39 bits per heavy atom. The van der Waals surface area contributed by atoms with E-state index < -0.39 is 18.3 Å². The van der Waals surface area contributed by atoms with E-state index in [1.165, 1.54) is 31.1 Å². The molecule has 3 N–H and O–H groups in total. The van der Waals surface area contributed by atoms with E-state index in [2.05, 4.69) is 21.6 Å². The summed E-state index contributed by atoms with van der Waals surface area (Å²) in [7, 11) is 3.01. The predicted molar refractivity (Wildman–Crippen MR) is 102 cm³/mol. The number of carbonyl (C=O) groups excluding carboxylic acids is 1. The van der Waals surface area contributed by atoms with Gasteiger partial charge in [-0.1, -0.05) is 18.7 Å². The molecule has 28 heavy (non-hydrogen) atoms. The number of H-pyrrole nitrogens is 1. The van der Waals surface area contributed by atoms with Crippen LogP contribution in [0.5, 0.6) is 5.75 Å². The van der Waals surface area contributed by atoms with Gasteiger partial charge >= 0.3 is 18.3 Å². The number of rotatable bonds is 8. The van der Waals surface area contributed by atoms with Crippen molar-refractivity contribution in [2.45, 2.75) is 19.5 Å². The first-order valence-electron chi connectivity index (χ1n) is 8.28. The molecule has 0 aliphatic carbocycles. The summed E-state index contributed by atoms with van der Waals surface area (Å²) in [6.07, 6.45) is 1.91. The maximum atomic E-state index is 12.2. The molecule has 0 bridgehead atoms. The zero-order valence-electron chi connectivity index (χ0n) is 15.5. The highest BCUT2D eigenvalue weighted by molar-refractivity contribution is 5.88. The third-order valence-corrected chi connectivity index (χ3v) is 3.80. The van der Waals surface area contributed by atoms with Crippen molar-refractivity contribution in [2.24, 2.45) is 0 Å². The van der Waals surface area contributed by atoms with Crippen LogP contribution in [0.1, 0.15) is 17.7 Å². The lowest BCUT2D eigenvalue weighted by Gasteiger charge is -2.15. The number of benzene rings is 1. The molecule has 0 saturated heterocycles. The van der Waals surface area contributed by atoms with Crippen LogP contribution in [0, 0.1) is 5.41 Å². The molecule has 0 radical (unpaired) electrons. The summed E-state index contributed by atoms with van der Waals surface area (Å²) in [5, 5.41) is 10.3. The Kier molecular flexibility index (Phi) is 6.69. The number of aromatic amines is 1. The van der Waals surface area contributed by atoms with Gasteiger partial charge in [-0.3, -0.25) is 0 Å². The number of aryl methyl sites for hydroxylation is 1. The maximum Gasteiger partial charge on any atom is 0.387 e. The molecule has 0 aliphatic rings. The molecule has 0 saturated carbocycles. The molecule has 10 heteroatoms. The van der Waals surface area contributed by atoms with Gasteiger partial charge in [-0.05, 0) is 30.5 Å². The van der Waals surface area contributed by atoms with Crippen LogP contribution in [-0.2, 0) is 6.42 Å². The number of alkyl halides is 2. The van der Waals surface area contributed by atoms with E-state index in [0.29, 0.717) is 18.5 Å². The third kappa shape index (κ3) is 5.06. The molecule has 2 rings (SSSR count). The molecule has 0 unspecified atom stereocenters. The summed E-state index contributed by atoms with van der Waals surface area (Å²) in [6.45, 7) is 1.01. The molecular formula is C18H21F2N5O3. The van der Waals surface area contributed by atoms with Crippen LogP contribution in [-0.4, -0.2) is 47.4 Å². The highest BCUT2D eigenvalue weighted by Gasteiger charge is 2.20. The first kappa shape index (κ1) is 20.9. The zero-order chi connectivity index (χ0) is 20.8. The van der Waals surface area contributed by atoms with Crippen molar-refractivity contribution in [3.63, 3.8) is 0 Å². The lowest BCUT2D eigenvalue weighted by molar-refractivity contribution is -0.0498. The summed E-state index contributed by atoms with van der Waals surface area (Å²) in [5.41, 5.74) is 0.861. The van der Waals surface area contributed by atoms with Gasteiger partial charge in [0.1, 0.15) is 17.3 Å². The number of hydrogen-bond donors (Lipinski definition) is 3. The molecule has 150 valence electrons. The van der Waals surface area contributed by atoms with Crippen LogP contribution < -0.4 is 15.7 Å². The van der Waals surface area contributed by atoms with Crippen molar-refractivity contribution >= 4 is 18.1 Å². The predicted octanol–water partition coefficient (Wildman–Crippen LogP) is 2.86. The highest BCUT2D eigenvalue weighted by Crippen LogP contribution is 2.18. The van der Waals surface area contributed by atoms with Crippen molar-refractivity contribution in [2.75, 3.05) is 19.4 Å². The van der Waals surface area contributed by atoms with E-state index in [1.807, 2.05) is 0 Å². The van der Waals surface area contributed by atoms with Gasteiger partial charge in [0, 0.05) is 26.0 Å². The van der Waals surface area contributed by atoms with Crippen LogP contribution in [0.15, 0.2) is 41.3 Å². The largest absolute Gasteiger partial charge is 0.435 e. The van der Waals surface area contributed by atoms with Crippen molar-refractivity contribution in [1.29, 1.82) is 5.41 Å². The molecule has 1 aromatic heterocycles. The molecule has 0 aliphatic heterocycles. The van der Waals surface area contributed by atoms with Gasteiger partial charge in [0.2, 0.25) is 0 Å². The molecule has 1 amide bonds. The lowest BCUT2D eigenvalue weighted by atomic mass is 10.1. The summed E-state index contributed by atoms with van der Waals surface area (Å²) in [5.74, 6) is 0.203. The lowest BCUT2D eigenvalue weighted by Crippen LogP contribution is -2.35. The topological polar surface area (TPSA) is 103 Å². The van der Waals surface area contributed by atoms with Gasteiger partial charge in [0.05, 0.1) is 0 Å². The number of halogens is 2. The number of amides is 1. The van der Waals surface area contributed by atoms with Crippen LogP contribution in [0.4, 0.5) is 19.4 Å². The van der Waals surface area contributed by atoms with E-state index in [0.717, 1.165) is 16.3 Å². The number of ether oxygens (including phenoxy) is 1. The Bertz CT molecular complexity index is 916. The van der Waals surface area contributed by atoms with Gasteiger partial charge in [-0.25, -0.2) is 9.59 Å². The number of hydrogen-bond acceptors (Lipinski definition) is 5. The molecule has 0 fully saturated rings. The number of nitrogens with zero attached hydrogens (tertiary/aromatic N) is 2. The second kappa shape index (κ2) is 8.98. The molecule has 0 atom stereocenters. The minimum Gasteiger partial charge on any atom is -0.435 e. The maximum absolute atomic E-state index is 12.2. The number of nitrogens with one attached hydrogen (secondary N) is 3. The van der Waals surface area contributed by atoms with E-state index in [1.54, 1.807) is 12.1 Å². The van der Waals surface area contributed by atoms with Gasteiger partial charge in [0.15, 0.2) is 0 Å². The van der Waals surface area contributed by atoms with E-state index in [4.69, 9.17) is 5.41 Å². The molecular weight excluding hydrogens is 372 g/mol. The fourth-order valence-electron chi connectivity index (χ4n) is 2.43.